The molecule has 1 rings (SSSR count). The number of nitrogens with one attached hydrogen (secondary N) is 3. The maximum Gasteiger partial charge on any atom is 0.226 e. The minimum Gasteiger partial charge on any atom is -0.326 e. The minimum atomic E-state index is -0.174. The maximum absolute atomic E-state index is 11.9. The van der Waals surface area contributed by atoms with Gasteiger partial charge in [-0.05, 0) is 18.2 Å². The highest BCUT2D eigenvalue weighted by atomic mass is 16.2. The van der Waals surface area contributed by atoms with Gasteiger partial charge >= 0.3 is 0 Å². The first kappa shape index (κ1) is 19.7. The van der Waals surface area contributed by atoms with Crippen LogP contribution in [0.3, 0.4) is 0 Å². The standard InChI is InChI=1S/C18H27N3O3/c1-10(2)16(22)19-13-7-14(20-17(23)11(3)4)9-15(8-13)21-18(24)12(5)6/h7-12H,1-6H3,(H,19,22)(H,20,23)(H,21,24). The zero-order chi connectivity index (χ0) is 18.4. The van der Waals surface area contributed by atoms with Crippen molar-refractivity contribution in [3.05, 3.63) is 18.2 Å². The van der Waals surface area contributed by atoms with Gasteiger partial charge < -0.3 is 16.0 Å². The molecule has 6 nitrogen and oxygen atoms in total. The van der Waals surface area contributed by atoms with Crippen LogP contribution in [0.5, 0.6) is 0 Å². The smallest absolute Gasteiger partial charge is 0.226 e. The van der Waals surface area contributed by atoms with Gasteiger partial charge in [-0.2, -0.15) is 0 Å². The third-order valence-corrected chi connectivity index (χ3v) is 3.31. The van der Waals surface area contributed by atoms with Crippen LogP contribution in [0, 0.1) is 17.8 Å². The van der Waals surface area contributed by atoms with Crippen molar-refractivity contribution in [3.8, 4) is 0 Å². The van der Waals surface area contributed by atoms with E-state index in [1.54, 1.807) is 59.7 Å². The third kappa shape index (κ3) is 6.02. The molecule has 0 spiro atoms. The molecule has 0 bridgehead atoms. The Morgan fingerprint density at radius 1 is 0.583 bits per heavy atom. The van der Waals surface area contributed by atoms with Crippen molar-refractivity contribution in [2.24, 2.45) is 17.8 Å². The van der Waals surface area contributed by atoms with E-state index in [1.165, 1.54) is 0 Å². The second-order valence-corrected chi connectivity index (χ2v) is 6.73. The molecule has 0 saturated heterocycles. The van der Waals surface area contributed by atoms with Crippen LogP contribution >= 0.6 is 0 Å². The molecule has 0 aliphatic heterocycles. The summed E-state index contributed by atoms with van der Waals surface area (Å²) in [7, 11) is 0. The van der Waals surface area contributed by atoms with E-state index in [-0.39, 0.29) is 35.5 Å². The van der Waals surface area contributed by atoms with Crippen molar-refractivity contribution in [2.45, 2.75) is 41.5 Å². The van der Waals surface area contributed by atoms with Crippen molar-refractivity contribution in [2.75, 3.05) is 16.0 Å². The van der Waals surface area contributed by atoms with Crippen molar-refractivity contribution >= 4 is 34.8 Å². The van der Waals surface area contributed by atoms with Gasteiger partial charge in [-0.3, -0.25) is 14.4 Å². The molecule has 0 aromatic heterocycles. The Balaban J connectivity index is 3.11. The van der Waals surface area contributed by atoms with Gasteiger partial charge in [0.1, 0.15) is 0 Å². The summed E-state index contributed by atoms with van der Waals surface area (Å²) in [6, 6.07) is 5.02. The first-order valence-electron chi connectivity index (χ1n) is 8.17. The van der Waals surface area contributed by atoms with E-state index < -0.39 is 0 Å². The molecule has 3 N–H and O–H groups in total. The lowest BCUT2D eigenvalue weighted by Gasteiger charge is -2.15. The fourth-order valence-corrected chi connectivity index (χ4v) is 1.70. The fraction of sp³-hybridized carbons (Fsp3) is 0.500. The SMILES string of the molecule is CC(C)C(=O)Nc1cc(NC(=O)C(C)C)cc(NC(=O)C(C)C)c1. The van der Waals surface area contributed by atoms with Gasteiger partial charge in [0.05, 0.1) is 0 Å². The number of amides is 3. The van der Waals surface area contributed by atoms with Crippen LogP contribution in [0.2, 0.25) is 0 Å². The Bertz CT molecular complexity index is 524. The number of benzene rings is 1. The largest absolute Gasteiger partial charge is 0.326 e. The van der Waals surface area contributed by atoms with E-state index in [2.05, 4.69) is 16.0 Å². The number of hydrogen-bond acceptors (Lipinski definition) is 3. The second-order valence-electron chi connectivity index (χ2n) is 6.73. The van der Waals surface area contributed by atoms with Gasteiger partial charge in [0, 0.05) is 34.8 Å². The molecule has 0 fully saturated rings. The monoisotopic (exact) mass is 333 g/mol. The Morgan fingerprint density at radius 3 is 0.958 bits per heavy atom. The second kappa shape index (κ2) is 8.47. The molecular formula is C18H27N3O3. The van der Waals surface area contributed by atoms with Crippen molar-refractivity contribution in [1.29, 1.82) is 0 Å². The summed E-state index contributed by atoms with van der Waals surface area (Å²) in [6.45, 7) is 10.8. The topological polar surface area (TPSA) is 87.3 Å². The lowest BCUT2D eigenvalue weighted by Crippen LogP contribution is -2.21. The van der Waals surface area contributed by atoms with E-state index in [4.69, 9.17) is 0 Å². The zero-order valence-electron chi connectivity index (χ0n) is 15.2. The number of rotatable bonds is 6. The minimum absolute atomic E-state index is 0.136. The molecule has 6 heteroatoms. The van der Waals surface area contributed by atoms with Crippen LogP contribution in [-0.4, -0.2) is 17.7 Å². The third-order valence-electron chi connectivity index (χ3n) is 3.31. The van der Waals surface area contributed by atoms with Crippen molar-refractivity contribution in [3.63, 3.8) is 0 Å². The van der Waals surface area contributed by atoms with Crippen LogP contribution in [0.25, 0.3) is 0 Å². The number of carbonyl (C=O) groups excluding carboxylic acids is 3. The van der Waals surface area contributed by atoms with Crippen LogP contribution in [-0.2, 0) is 14.4 Å². The maximum atomic E-state index is 11.9. The molecule has 132 valence electrons. The normalized spacial score (nSPS) is 10.9. The summed E-state index contributed by atoms with van der Waals surface area (Å²) < 4.78 is 0. The average molecular weight is 333 g/mol. The van der Waals surface area contributed by atoms with Gasteiger partial charge in [-0.25, -0.2) is 0 Å². The van der Waals surface area contributed by atoms with Crippen LogP contribution in [0.15, 0.2) is 18.2 Å². The fourth-order valence-electron chi connectivity index (χ4n) is 1.70. The predicted molar refractivity (Wildman–Crippen MR) is 96.8 cm³/mol. The van der Waals surface area contributed by atoms with Crippen LogP contribution in [0.1, 0.15) is 41.5 Å². The highest BCUT2D eigenvalue weighted by Crippen LogP contribution is 2.24. The van der Waals surface area contributed by atoms with E-state index in [1.807, 2.05) is 0 Å². The molecule has 3 amide bonds. The molecule has 0 radical (unpaired) electrons. The lowest BCUT2D eigenvalue weighted by atomic mass is 10.1. The van der Waals surface area contributed by atoms with Crippen molar-refractivity contribution < 1.29 is 14.4 Å². The highest BCUT2D eigenvalue weighted by Gasteiger charge is 2.13. The summed E-state index contributed by atoms with van der Waals surface area (Å²) >= 11 is 0. The lowest BCUT2D eigenvalue weighted by molar-refractivity contribution is -0.119. The molecular weight excluding hydrogens is 306 g/mol. The molecule has 1 aromatic rings. The molecule has 0 heterocycles. The number of carbonyl (C=O) groups is 3. The first-order valence-corrected chi connectivity index (χ1v) is 8.17. The van der Waals surface area contributed by atoms with Crippen LogP contribution in [0.4, 0.5) is 17.1 Å². The van der Waals surface area contributed by atoms with E-state index in [0.29, 0.717) is 17.1 Å². The van der Waals surface area contributed by atoms with Gasteiger partial charge in [-0.15, -0.1) is 0 Å². The van der Waals surface area contributed by atoms with E-state index >= 15 is 0 Å². The summed E-state index contributed by atoms with van der Waals surface area (Å²) in [4.78, 5) is 35.7. The Hall–Kier alpha value is -2.37. The van der Waals surface area contributed by atoms with E-state index in [9.17, 15) is 14.4 Å². The van der Waals surface area contributed by atoms with E-state index in [0.717, 1.165) is 0 Å². The summed E-state index contributed by atoms with van der Waals surface area (Å²) in [5, 5.41) is 8.36. The predicted octanol–water partition coefficient (Wildman–Crippen LogP) is 3.47. The van der Waals surface area contributed by atoms with Crippen molar-refractivity contribution in [1.82, 2.24) is 0 Å². The Morgan fingerprint density at radius 2 is 0.792 bits per heavy atom. The quantitative estimate of drug-likeness (QED) is 0.745. The molecule has 0 saturated carbocycles. The van der Waals surface area contributed by atoms with Gasteiger partial charge in [0.2, 0.25) is 17.7 Å². The number of hydrogen-bond donors (Lipinski definition) is 3. The summed E-state index contributed by atoms with van der Waals surface area (Å²) in [5.74, 6) is -0.928. The molecule has 24 heavy (non-hydrogen) atoms. The Kier molecular flexibility index (Phi) is 6.95. The Labute approximate surface area is 143 Å². The molecule has 0 aliphatic rings. The average Bonchev–Trinajstić information content (AvgIpc) is 2.46. The molecule has 0 aliphatic carbocycles. The molecule has 1 aromatic carbocycles. The highest BCUT2D eigenvalue weighted by molar-refractivity contribution is 5.98. The zero-order valence-corrected chi connectivity index (χ0v) is 15.2. The summed E-state index contributed by atoms with van der Waals surface area (Å²) in [6.07, 6.45) is 0. The summed E-state index contributed by atoms with van der Waals surface area (Å²) in [5.41, 5.74) is 1.57. The van der Waals surface area contributed by atoms with Crippen LogP contribution < -0.4 is 16.0 Å². The first-order chi connectivity index (χ1) is 11.1. The van der Waals surface area contributed by atoms with Gasteiger partial charge in [0.15, 0.2) is 0 Å². The van der Waals surface area contributed by atoms with Gasteiger partial charge in [-0.1, -0.05) is 41.5 Å². The van der Waals surface area contributed by atoms with Gasteiger partial charge in [0.25, 0.3) is 0 Å². The number of anilines is 3. The molecule has 0 unspecified atom stereocenters. The molecule has 0 atom stereocenters.